The van der Waals surface area contributed by atoms with Crippen LogP contribution in [-0.2, 0) is 24.7 Å². The predicted octanol–water partition coefficient (Wildman–Crippen LogP) is 4.07. The molecule has 6 nitrogen and oxygen atoms in total. The van der Waals surface area contributed by atoms with Gasteiger partial charge in [-0.25, -0.2) is 4.98 Å². The number of nitrogens with one attached hydrogen (secondary N) is 1. The fourth-order valence-corrected chi connectivity index (χ4v) is 4.85. The third-order valence-electron chi connectivity index (χ3n) is 5.27. The number of anilines is 2. The molecule has 0 radical (unpaired) electrons. The zero-order valence-corrected chi connectivity index (χ0v) is 16.6. The van der Waals surface area contributed by atoms with Crippen molar-refractivity contribution >= 4 is 34.1 Å². The number of nitrogens with zero attached hydrogens (tertiary/aromatic N) is 1. The molecule has 142 valence electrons. The second kappa shape index (κ2) is 5.79. The van der Waals surface area contributed by atoms with Gasteiger partial charge >= 0.3 is 11.9 Å². The minimum absolute atomic E-state index is 0.245. The number of benzene rings is 1. The number of hydrogen-bond donors (Lipinski definition) is 1. The van der Waals surface area contributed by atoms with Crippen molar-refractivity contribution in [3.8, 4) is 0 Å². The second-order valence-corrected chi connectivity index (χ2v) is 9.04. The van der Waals surface area contributed by atoms with E-state index in [0.29, 0.717) is 17.2 Å². The van der Waals surface area contributed by atoms with E-state index in [-0.39, 0.29) is 6.42 Å². The molecule has 1 aromatic heterocycles. The molecule has 2 atom stereocenters. The third kappa shape index (κ3) is 2.90. The molecular weight excluding hydrogens is 364 g/mol. The Kier molecular flexibility index (Phi) is 3.86. The third-order valence-corrected chi connectivity index (χ3v) is 6.03. The van der Waals surface area contributed by atoms with Gasteiger partial charge in [-0.15, -0.1) is 11.3 Å². The zero-order chi connectivity index (χ0) is 19.4. The Morgan fingerprint density at radius 1 is 1.07 bits per heavy atom. The van der Waals surface area contributed by atoms with E-state index in [1.165, 1.54) is 11.3 Å². The van der Waals surface area contributed by atoms with Gasteiger partial charge in [0.15, 0.2) is 16.1 Å². The number of carbonyl (C=O) groups is 2. The maximum Gasteiger partial charge on any atom is 0.324 e. The number of cyclic esters (lactones) is 2. The molecule has 0 amide bonds. The van der Waals surface area contributed by atoms with Gasteiger partial charge < -0.3 is 14.8 Å². The molecule has 4 rings (SSSR count). The van der Waals surface area contributed by atoms with Crippen molar-refractivity contribution < 1.29 is 19.1 Å². The van der Waals surface area contributed by atoms with Crippen LogP contribution in [-0.4, -0.2) is 22.5 Å². The minimum Gasteiger partial charge on any atom is -0.459 e. The van der Waals surface area contributed by atoms with Crippen molar-refractivity contribution in [2.45, 2.75) is 51.7 Å². The number of ether oxygens (including phenoxy) is 2. The van der Waals surface area contributed by atoms with Crippen molar-refractivity contribution in [1.29, 1.82) is 0 Å². The monoisotopic (exact) mass is 386 g/mol. The van der Waals surface area contributed by atoms with Crippen LogP contribution in [0, 0.1) is 12.3 Å². The summed E-state index contributed by atoms with van der Waals surface area (Å²) in [6, 6.07) is 7.95. The fourth-order valence-electron chi connectivity index (χ4n) is 4.01. The summed E-state index contributed by atoms with van der Waals surface area (Å²) in [7, 11) is 0. The highest BCUT2D eigenvalue weighted by Gasteiger charge is 2.67. The zero-order valence-electron chi connectivity index (χ0n) is 15.8. The van der Waals surface area contributed by atoms with E-state index in [1.54, 1.807) is 0 Å². The lowest BCUT2D eigenvalue weighted by molar-refractivity contribution is -0.161. The molecule has 2 aromatic rings. The fraction of sp³-hybridized carbons (Fsp3) is 0.450. The summed E-state index contributed by atoms with van der Waals surface area (Å²) in [6.45, 7) is 7.46. The highest BCUT2D eigenvalue weighted by Crippen LogP contribution is 2.54. The first-order chi connectivity index (χ1) is 12.6. The van der Waals surface area contributed by atoms with Gasteiger partial charge in [0.1, 0.15) is 5.60 Å². The summed E-state index contributed by atoms with van der Waals surface area (Å²) in [4.78, 5) is 29.8. The SMILES string of the molecule is Cc1ccccc1Nc1nc([C@]2(C)C[C@@]3(CC(C)(C)OC3=O)C(=O)O2)cs1. The number of hydrogen-bond acceptors (Lipinski definition) is 7. The Hall–Kier alpha value is -2.41. The number of aromatic nitrogens is 1. The number of rotatable bonds is 3. The molecule has 2 fully saturated rings. The van der Waals surface area contributed by atoms with Crippen LogP contribution in [0.4, 0.5) is 10.8 Å². The van der Waals surface area contributed by atoms with Crippen molar-refractivity contribution in [3.63, 3.8) is 0 Å². The van der Waals surface area contributed by atoms with Crippen LogP contribution in [0.15, 0.2) is 29.6 Å². The molecule has 2 aliphatic heterocycles. The number of para-hydroxylation sites is 1. The van der Waals surface area contributed by atoms with Gasteiger partial charge in [0.25, 0.3) is 0 Å². The van der Waals surface area contributed by atoms with E-state index in [0.717, 1.165) is 11.3 Å². The summed E-state index contributed by atoms with van der Waals surface area (Å²) >= 11 is 1.44. The van der Waals surface area contributed by atoms with E-state index in [9.17, 15) is 9.59 Å². The first-order valence-corrected chi connectivity index (χ1v) is 9.77. The van der Waals surface area contributed by atoms with Crippen LogP contribution in [0.3, 0.4) is 0 Å². The summed E-state index contributed by atoms with van der Waals surface area (Å²) in [5.41, 5.74) is -0.107. The molecule has 2 aliphatic rings. The van der Waals surface area contributed by atoms with Crippen LogP contribution in [0.2, 0.25) is 0 Å². The molecule has 0 aliphatic carbocycles. The highest BCUT2D eigenvalue weighted by molar-refractivity contribution is 7.13. The van der Waals surface area contributed by atoms with Gasteiger partial charge in [-0.3, -0.25) is 9.59 Å². The Morgan fingerprint density at radius 3 is 2.44 bits per heavy atom. The average molecular weight is 386 g/mol. The molecule has 0 bridgehead atoms. The molecule has 2 saturated heterocycles. The molecule has 7 heteroatoms. The maximum atomic E-state index is 12.7. The van der Waals surface area contributed by atoms with Gasteiger partial charge in [0.2, 0.25) is 0 Å². The molecule has 0 saturated carbocycles. The predicted molar refractivity (Wildman–Crippen MR) is 102 cm³/mol. The summed E-state index contributed by atoms with van der Waals surface area (Å²) in [5.74, 6) is -1.00. The van der Waals surface area contributed by atoms with Crippen molar-refractivity contribution in [2.75, 3.05) is 5.32 Å². The summed E-state index contributed by atoms with van der Waals surface area (Å²) in [6.07, 6.45) is 0.570. The quantitative estimate of drug-likeness (QED) is 0.633. The van der Waals surface area contributed by atoms with Gasteiger partial charge in [-0.2, -0.15) is 0 Å². The smallest absolute Gasteiger partial charge is 0.324 e. The van der Waals surface area contributed by atoms with Gasteiger partial charge in [0.05, 0.1) is 5.69 Å². The normalized spacial score (nSPS) is 29.0. The maximum absolute atomic E-state index is 12.7. The first kappa shape index (κ1) is 18.0. The van der Waals surface area contributed by atoms with Gasteiger partial charge in [-0.1, -0.05) is 18.2 Å². The molecule has 1 spiro atoms. The molecule has 27 heavy (non-hydrogen) atoms. The first-order valence-electron chi connectivity index (χ1n) is 8.89. The lowest BCUT2D eigenvalue weighted by atomic mass is 9.75. The van der Waals surface area contributed by atoms with E-state index in [2.05, 4.69) is 10.3 Å². The topological polar surface area (TPSA) is 77.5 Å². The summed E-state index contributed by atoms with van der Waals surface area (Å²) < 4.78 is 11.1. The number of carbonyl (C=O) groups excluding carboxylic acids is 2. The van der Waals surface area contributed by atoms with E-state index in [4.69, 9.17) is 9.47 Å². The Labute approximate surface area is 161 Å². The van der Waals surface area contributed by atoms with Crippen LogP contribution in [0.25, 0.3) is 0 Å². The number of esters is 2. The lowest BCUT2D eigenvalue weighted by Gasteiger charge is -2.21. The largest absolute Gasteiger partial charge is 0.459 e. The average Bonchev–Trinajstić information content (AvgIpc) is 3.19. The van der Waals surface area contributed by atoms with Crippen LogP contribution in [0.1, 0.15) is 44.9 Å². The highest BCUT2D eigenvalue weighted by atomic mass is 32.1. The van der Waals surface area contributed by atoms with Gasteiger partial charge in [-0.05, 0) is 39.3 Å². The van der Waals surface area contributed by atoms with Crippen molar-refractivity contribution in [1.82, 2.24) is 4.98 Å². The molecule has 3 heterocycles. The molecule has 0 unspecified atom stereocenters. The molecular formula is C20H22N2O4S. The molecule has 1 N–H and O–H groups in total. The minimum atomic E-state index is -1.23. The second-order valence-electron chi connectivity index (χ2n) is 8.18. The lowest BCUT2D eigenvalue weighted by Crippen LogP contribution is -2.32. The Bertz CT molecular complexity index is 938. The van der Waals surface area contributed by atoms with Crippen molar-refractivity contribution in [3.05, 3.63) is 40.9 Å². The number of aryl methyl sites for hydroxylation is 1. The Balaban J connectivity index is 1.60. The van der Waals surface area contributed by atoms with Crippen LogP contribution >= 0.6 is 11.3 Å². The van der Waals surface area contributed by atoms with Gasteiger partial charge in [0, 0.05) is 23.9 Å². The summed E-state index contributed by atoms with van der Waals surface area (Å²) in [5, 5.41) is 5.89. The van der Waals surface area contributed by atoms with Crippen LogP contribution in [0.5, 0.6) is 0 Å². The van der Waals surface area contributed by atoms with Crippen molar-refractivity contribution in [2.24, 2.45) is 5.41 Å². The standard InChI is InChI=1S/C20H22N2O4S/c1-12-7-5-6-8-13(12)21-17-22-14(9-27-17)19(4)11-20(16(24)26-19)10-18(2,3)25-15(20)23/h5-9H,10-11H2,1-4H3,(H,21,22)/t19-,20+/m0/s1. The van der Waals surface area contributed by atoms with E-state index in [1.807, 2.05) is 57.3 Å². The number of thiazole rings is 1. The van der Waals surface area contributed by atoms with E-state index >= 15 is 0 Å². The van der Waals surface area contributed by atoms with Crippen LogP contribution < -0.4 is 5.32 Å². The molecule has 1 aromatic carbocycles. The van der Waals surface area contributed by atoms with E-state index < -0.39 is 28.6 Å². The Morgan fingerprint density at radius 2 is 1.78 bits per heavy atom.